The Morgan fingerprint density at radius 3 is 2.40 bits per heavy atom. The number of aryl methyl sites for hydroxylation is 1. The quantitative estimate of drug-likeness (QED) is 0.272. The molecule has 1 heterocycles. The summed E-state index contributed by atoms with van der Waals surface area (Å²) in [7, 11) is 0. The molecule has 0 aromatic heterocycles. The number of benzene rings is 3. The Kier molecular flexibility index (Phi) is 9.62. The van der Waals surface area contributed by atoms with E-state index in [2.05, 4.69) is 26.6 Å². The number of para-hydroxylation sites is 1. The van der Waals surface area contributed by atoms with E-state index in [4.69, 9.17) is 9.47 Å². The topological polar surface area (TPSA) is 114 Å². The molecule has 1 aliphatic rings. The highest BCUT2D eigenvalue weighted by atomic mass is 79.9. The van der Waals surface area contributed by atoms with Gasteiger partial charge in [-0.1, -0.05) is 30.3 Å². The van der Waals surface area contributed by atoms with Crippen LogP contribution in [0, 0.1) is 6.92 Å². The smallest absolute Gasteiger partial charge is 0.294 e. The number of hydrogen-bond acceptors (Lipinski definition) is 7. The maximum atomic E-state index is 12.9. The Bertz CT molecular complexity index is 1480. The first-order valence-corrected chi connectivity index (χ1v) is 13.9. The van der Waals surface area contributed by atoms with Crippen molar-refractivity contribution >= 4 is 68.1 Å². The average molecular weight is 625 g/mol. The highest BCUT2D eigenvalue weighted by Crippen LogP contribution is 2.39. The van der Waals surface area contributed by atoms with Crippen LogP contribution in [0.3, 0.4) is 0 Å². The SMILES string of the molecule is CCOc1cc(/C=C2\SC(=O)N(CC(=O)Nc3ccccc3)C2=O)cc(Br)c1OCC(=O)Nc1cccc(C)c1. The first-order valence-electron chi connectivity index (χ1n) is 12.3. The van der Waals surface area contributed by atoms with Crippen LogP contribution >= 0.6 is 27.7 Å². The largest absolute Gasteiger partial charge is 0.490 e. The minimum atomic E-state index is -0.569. The molecule has 0 unspecified atom stereocenters. The van der Waals surface area contributed by atoms with Gasteiger partial charge in [-0.3, -0.25) is 24.1 Å². The van der Waals surface area contributed by atoms with E-state index >= 15 is 0 Å². The molecule has 0 atom stereocenters. The first-order chi connectivity index (χ1) is 19.2. The second-order valence-corrected chi connectivity index (χ2v) is 10.5. The fraction of sp³-hybridized carbons (Fsp3) is 0.172. The van der Waals surface area contributed by atoms with Crippen molar-refractivity contribution in [1.29, 1.82) is 0 Å². The zero-order chi connectivity index (χ0) is 28.6. The van der Waals surface area contributed by atoms with Gasteiger partial charge in [0, 0.05) is 11.4 Å². The van der Waals surface area contributed by atoms with Crippen molar-refractivity contribution in [2.45, 2.75) is 13.8 Å². The van der Waals surface area contributed by atoms with Crippen molar-refractivity contribution in [3.8, 4) is 11.5 Å². The second kappa shape index (κ2) is 13.3. The fourth-order valence-electron chi connectivity index (χ4n) is 3.79. The van der Waals surface area contributed by atoms with Gasteiger partial charge in [0.15, 0.2) is 18.1 Å². The number of carbonyl (C=O) groups is 4. The van der Waals surface area contributed by atoms with Gasteiger partial charge in [0.25, 0.3) is 17.1 Å². The summed E-state index contributed by atoms with van der Waals surface area (Å²) < 4.78 is 12.0. The minimum Gasteiger partial charge on any atom is -0.490 e. The number of amides is 4. The highest BCUT2D eigenvalue weighted by Gasteiger charge is 2.36. The van der Waals surface area contributed by atoms with Crippen LogP contribution in [0.2, 0.25) is 0 Å². The molecule has 0 aliphatic carbocycles. The molecule has 1 fully saturated rings. The summed E-state index contributed by atoms with van der Waals surface area (Å²) in [6, 6.07) is 19.5. The molecule has 206 valence electrons. The molecule has 2 N–H and O–H groups in total. The molecule has 0 spiro atoms. The lowest BCUT2D eigenvalue weighted by atomic mass is 10.2. The molecular weight excluding hydrogens is 598 g/mol. The summed E-state index contributed by atoms with van der Waals surface area (Å²) in [4.78, 5) is 51.4. The summed E-state index contributed by atoms with van der Waals surface area (Å²) in [5.41, 5.74) is 2.81. The van der Waals surface area contributed by atoms with Crippen molar-refractivity contribution in [3.05, 3.63) is 87.2 Å². The van der Waals surface area contributed by atoms with Gasteiger partial charge in [-0.25, -0.2) is 0 Å². The zero-order valence-corrected chi connectivity index (χ0v) is 24.1. The average Bonchev–Trinajstić information content (AvgIpc) is 3.16. The van der Waals surface area contributed by atoms with Crippen molar-refractivity contribution in [2.24, 2.45) is 0 Å². The summed E-state index contributed by atoms with van der Waals surface area (Å²) in [6.07, 6.45) is 1.54. The number of carbonyl (C=O) groups excluding carboxylic acids is 4. The lowest BCUT2D eigenvalue weighted by molar-refractivity contribution is -0.127. The van der Waals surface area contributed by atoms with Gasteiger partial charge in [0.05, 0.1) is 16.0 Å². The summed E-state index contributed by atoms with van der Waals surface area (Å²) in [5.74, 6) is -0.712. The van der Waals surface area contributed by atoms with Gasteiger partial charge in [0.1, 0.15) is 6.54 Å². The number of thioether (sulfide) groups is 1. The number of nitrogens with one attached hydrogen (secondary N) is 2. The number of nitrogens with zero attached hydrogens (tertiary/aromatic N) is 1. The van der Waals surface area contributed by atoms with Crippen LogP contribution in [-0.2, 0) is 14.4 Å². The molecule has 4 amide bonds. The molecule has 0 radical (unpaired) electrons. The maximum absolute atomic E-state index is 12.9. The number of hydrogen-bond donors (Lipinski definition) is 2. The molecule has 3 aromatic carbocycles. The van der Waals surface area contributed by atoms with E-state index in [1.165, 1.54) is 0 Å². The van der Waals surface area contributed by atoms with E-state index < -0.39 is 23.6 Å². The van der Waals surface area contributed by atoms with Gasteiger partial charge in [-0.2, -0.15) is 0 Å². The number of halogens is 1. The van der Waals surface area contributed by atoms with Crippen molar-refractivity contribution in [3.63, 3.8) is 0 Å². The van der Waals surface area contributed by atoms with Crippen molar-refractivity contribution in [1.82, 2.24) is 4.90 Å². The number of rotatable bonds is 10. The van der Waals surface area contributed by atoms with Gasteiger partial charge in [-0.15, -0.1) is 0 Å². The molecule has 11 heteroatoms. The number of ether oxygens (including phenoxy) is 2. The Labute approximate surface area is 244 Å². The van der Waals surface area contributed by atoms with Gasteiger partial charge >= 0.3 is 0 Å². The lowest BCUT2D eigenvalue weighted by Crippen LogP contribution is -2.36. The lowest BCUT2D eigenvalue weighted by Gasteiger charge is -2.15. The first kappa shape index (κ1) is 28.9. The van der Waals surface area contributed by atoms with Crippen LogP contribution in [0.15, 0.2) is 76.1 Å². The van der Waals surface area contributed by atoms with Gasteiger partial charge < -0.3 is 20.1 Å². The van der Waals surface area contributed by atoms with Crippen molar-refractivity contribution in [2.75, 3.05) is 30.4 Å². The van der Waals surface area contributed by atoms with Crippen LogP contribution < -0.4 is 20.1 Å². The van der Waals surface area contributed by atoms with Gasteiger partial charge in [0.2, 0.25) is 5.91 Å². The van der Waals surface area contributed by atoms with E-state index in [9.17, 15) is 19.2 Å². The number of imide groups is 1. The van der Waals surface area contributed by atoms with Crippen molar-refractivity contribution < 1.29 is 28.7 Å². The third-order valence-electron chi connectivity index (χ3n) is 5.51. The molecule has 1 aliphatic heterocycles. The number of anilines is 2. The monoisotopic (exact) mass is 623 g/mol. The molecule has 4 rings (SSSR count). The Balaban J connectivity index is 1.45. The van der Waals surface area contributed by atoms with Crippen LogP contribution in [0.25, 0.3) is 6.08 Å². The van der Waals surface area contributed by atoms with Gasteiger partial charge in [-0.05, 0) is 95.1 Å². The van der Waals surface area contributed by atoms with Crippen LogP contribution in [-0.4, -0.2) is 47.6 Å². The highest BCUT2D eigenvalue weighted by molar-refractivity contribution is 9.10. The Morgan fingerprint density at radius 2 is 1.68 bits per heavy atom. The summed E-state index contributed by atoms with van der Waals surface area (Å²) in [6.45, 7) is 3.41. The fourth-order valence-corrected chi connectivity index (χ4v) is 5.20. The molecular formula is C29H26BrN3O6S. The molecule has 3 aromatic rings. The normalized spacial score (nSPS) is 13.9. The van der Waals surface area contributed by atoms with Crippen LogP contribution in [0.4, 0.5) is 16.2 Å². The molecule has 0 bridgehead atoms. The van der Waals surface area contributed by atoms with E-state index in [1.807, 2.05) is 31.2 Å². The molecule has 0 saturated carbocycles. The standard InChI is InChI=1S/C29H26BrN3O6S/c1-3-38-23-14-19(13-22(30)27(23)39-17-26(35)32-21-11-7-8-18(2)12-21)15-24-28(36)33(29(37)40-24)16-25(34)31-20-9-5-4-6-10-20/h4-15H,3,16-17H2,1-2H3,(H,31,34)(H,32,35)/b24-15-. The molecule has 1 saturated heterocycles. The molecule has 40 heavy (non-hydrogen) atoms. The molecule has 9 nitrogen and oxygen atoms in total. The van der Waals surface area contributed by atoms with E-state index in [0.717, 1.165) is 22.2 Å². The third-order valence-corrected chi connectivity index (χ3v) is 7.01. The predicted molar refractivity (Wildman–Crippen MR) is 158 cm³/mol. The summed E-state index contributed by atoms with van der Waals surface area (Å²) >= 11 is 4.21. The van der Waals surface area contributed by atoms with Crippen LogP contribution in [0.1, 0.15) is 18.1 Å². The van der Waals surface area contributed by atoms with E-state index in [-0.39, 0.29) is 17.4 Å². The van der Waals surface area contributed by atoms with E-state index in [0.29, 0.717) is 39.5 Å². The minimum absolute atomic E-state index is 0.165. The Hall–Kier alpha value is -4.09. The Morgan fingerprint density at radius 1 is 0.950 bits per heavy atom. The maximum Gasteiger partial charge on any atom is 0.294 e. The third kappa shape index (κ3) is 7.51. The summed E-state index contributed by atoms with van der Waals surface area (Å²) in [5, 5.41) is 4.92. The predicted octanol–water partition coefficient (Wildman–Crippen LogP) is 5.85. The van der Waals surface area contributed by atoms with E-state index in [1.54, 1.807) is 55.5 Å². The zero-order valence-electron chi connectivity index (χ0n) is 21.7. The van der Waals surface area contributed by atoms with Crippen LogP contribution in [0.5, 0.6) is 11.5 Å². The second-order valence-electron chi connectivity index (χ2n) is 8.65.